The van der Waals surface area contributed by atoms with Crippen LogP contribution in [0.25, 0.3) is 10.8 Å². The summed E-state index contributed by atoms with van der Waals surface area (Å²) in [7, 11) is 1.68. The number of benzene rings is 1. The fraction of sp³-hybridized carbons (Fsp3) is 0.438. The molecule has 0 amide bonds. The van der Waals surface area contributed by atoms with Gasteiger partial charge in [0.1, 0.15) is 11.6 Å². The number of fused-ring (bicyclic) bond motifs is 1. The van der Waals surface area contributed by atoms with E-state index in [1.165, 1.54) is 0 Å². The summed E-state index contributed by atoms with van der Waals surface area (Å²) in [5.41, 5.74) is 0. The van der Waals surface area contributed by atoms with Crippen LogP contribution in [0.3, 0.4) is 0 Å². The average molecular weight is 274 g/mol. The predicted octanol–water partition coefficient (Wildman–Crippen LogP) is 3.47. The molecule has 0 aliphatic rings. The lowest BCUT2D eigenvalue weighted by Gasteiger charge is -2.09. The van der Waals surface area contributed by atoms with Crippen LogP contribution < -0.4 is 10.1 Å². The van der Waals surface area contributed by atoms with Crippen molar-refractivity contribution in [1.82, 2.24) is 4.98 Å². The van der Waals surface area contributed by atoms with Crippen molar-refractivity contribution in [3.8, 4) is 5.75 Å². The fourth-order valence-electron chi connectivity index (χ4n) is 2.05. The molecule has 0 fully saturated rings. The summed E-state index contributed by atoms with van der Waals surface area (Å²) >= 11 is 0. The Morgan fingerprint density at radius 1 is 1.20 bits per heavy atom. The Balaban J connectivity index is 1.96. The second-order valence-corrected chi connectivity index (χ2v) is 4.64. The minimum Gasteiger partial charge on any atom is -0.497 e. The first-order chi connectivity index (χ1) is 9.85. The van der Waals surface area contributed by atoms with Crippen LogP contribution in [0.15, 0.2) is 30.5 Å². The molecule has 4 heteroatoms. The summed E-state index contributed by atoms with van der Waals surface area (Å²) in [5, 5.41) is 5.61. The van der Waals surface area contributed by atoms with Crippen molar-refractivity contribution in [2.75, 3.05) is 32.2 Å². The molecule has 20 heavy (non-hydrogen) atoms. The van der Waals surface area contributed by atoms with Gasteiger partial charge in [0, 0.05) is 31.3 Å². The quantitative estimate of drug-likeness (QED) is 0.748. The van der Waals surface area contributed by atoms with E-state index in [9.17, 15) is 0 Å². The van der Waals surface area contributed by atoms with Gasteiger partial charge in [-0.15, -0.1) is 0 Å². The van der Waals surface area contributed by atoms with Gasteiger partial charge in [-0.2, -0.15) is 0 Å². The van der Waals surface area contributed by atoms with Crippen LogP contribution in [0.2, 0.25) is 0 Å². The molecule has 1 N–H and O–H groups in total. The highest BCUT2D eigenvalue weighted by atomic mass is 16.5. The van der Waals surface area contributed by atoms with Gasteiger partial charge in [-0.3, -0.25) is 0 Å². The van der Waals surface area contributed by atoms with Gasteiger partial charge in [0.25, 0.3) is 0 Å². The third-order valence-corrected chi connectivity index (χ3v) is 3.08. The Kier molecular flexibility index (Phi) is 5.62. The monoisotopic (exact) mass is 274 g/mol. The lowest BCUT2D eigenvalue weighted by Crippen LogP contribution is -2.07. The van der Waals surface area contributed by atoms with E-state index in [0.29, 0.717) is 0 Å². The summed E-state index contributed by atoms with van der Waals surface area (Å²) in [6.45, 7) is 4.61. The summed E-state index contributed by atoms with van der Waals surface area (Å²) in [5.74, 6) is 1.78. The smallest absolute Gasteiger partial charge is 0.133 e. The molecule has 108 valence electrons. The molecule has 1 aromatic heterocycles. The van der Waals surface area contributed by atoms with Gasteiger partial charge < -0.3 is 14.8 Å². The van der Waals surface area contributed by atoms with Gasteiger partial charge in [0.2, 0.25) is 0 Å². The summed E-state index contributed by atoms with van der Waals surface area (Å²) < 4.78 is 10.7. The van der Waals surface area contributed by atoms with Gasteiger partial charge in [-0.25, -0.2) is 4.98 Å². The molecule has 0 saturated heterocycles. The minimum atomic E-state index is 0.791. The van der Waals surface area contributed by atoms with E-state index >= 15 is 0 Å². The number of anilines is 1. The number of aromatic nitrogens is 1. The highest BCUT2D eigenvalue weighted by molar-refractivity contribution is 5.92. The van der Waals surface area contributed by atoms with Crippen LogP contribution in [0.1, 0.15) is 19.8 Å². The highest BCUT2D eigenvalue weighted by Crippen LogP contribution is 2.25. The van der Waals surface area contributed by atoms with Crippen LogP contribution in [0.5, 0.6) is 5.75 Å². The van der Waals surface area contributed by atoms with Gasteiger partial charge in [-0.05, 0) is 42.5 Å². The van der Waals surface area contributed by atoms with Crippen LogP contribution in [-0.4, -0.2) is 31.9 Å². The number of nitrogens with one attached hydrogen (secondary N) is 1. The number of ether oxygens (including phenoxy) is 2. The zero-order valence-electron chi connectivity index (χ0n) is 12.2. The molecule has 0 spiro atoms. The van der Waals surface area contributed by atoms with Crippen molar-refractivity contribution in [2.24, 2.45) is 0 Å². The number of nitrogens with zero attached hydrogens (tertiary/aromatic N) is 1. The largest absolute Gasteiger partial charge is 0.497 e. The molecule has 2 rings (SSSR count). The highest BCUT2D eigenvalue weighted by Gasteiger charge is 2.03. The Morgan fingerprint density at radius 2 is 2.10 bits per heavy atom. The first-order valence-corrected chi connectivity index (χ1v) is 7.09. The maximum atomic E-state index is 5.46. The molecule has 1 aromatic carbocycles. The van der Waals surface area contributed by atoms with E-state index < -0.39 is 0 Å². The molecule has 0 aliphatic heterocycles. The number of methoxy groups -OCH3 is 1. The van der Waals surface area contributed by atoms with E-state index in [1.807, 2.05) is 30.5 Å². The SMILES string of the molecule is CCCOCCCNc1nccc2cc(OC)ccc12. The van der Waals surface area contributed by atoms with Gasteiger partial charge >= 0.3 is 0 Å². The first kappa shape index (κ1) is 14.6. The maximum Gasteiger partial charge on any atom is 0.133 e. The van der Waals surface area contributed by atoms with Crippen LogP contribution in [0, 0.1) is 0 Å². The van der Waals surface area contributed by atoms with E-state index in [2.05, 4.69) is 17.2 Å². The van der Waals surface area contributed by atoms with E-state index in [-0.39, 0.29) is 0 Å². The zero-order chi connectivity index (χ0) is 14.2. The number of rotatable bonds is 8. The minimum absolute atomic E-state index is 0.791. The Morgan fingerprint density at radius 3 is 2.90 bits per heavy atom. The lowest BCUT2D eigenvalue weighted by atomic mass is 10.1. The number of pyridine rings is 1. The summed E-state index contributed by atoms with van der Waals surface area (Å²) in [6, 6.07) is 8.01. The molecule has 2 aromatic rings. The maximum absolute atomic E-state index is 5.46. The first-order valence-electron chi connectivity index (χ1n) is 7.09. The molecule has 0 unspecified atom stereocenters. The second-order valence-electron chi connectivity index (χ2n) is 4.64. The molecule has 0 radical (unpaired) electrons. The molecular weight excluding hydrogens is 252 g/mol. The third-order valence-electron chi connectivity index (χ3n) is 3.08. The van der Waals surface area contributed by atoms with Crippen molar-refractivity contribution < 1.29 is 9.47 Å². The molecule has 0 saturated carbocycles. The van der Waals surface area contributed by atoms with Crippen molar-refractivity contribution in [1.29, 1.82) is 0 Å². The Hall–Kier alpha value is -1.81. The average Bonchev–Trinajstić information content (AvgIpc) is 2.50. The molecule has 0 atom stereocenters. The van der Waals surface area contributed by atoms with Crippen molar-refractivity contribution in [3.63, 3.8) is 0 Å². The number of hydrogen-bond acceptors (Lipinski definition) is 4. The topological polar surface area (TPSA) is 43.4 Å². The standard InChI is InChI=1S/C16H22N2O2/c1-3-10-20-11-4-8-17-16-15-6-5-14(19-2)12-13(15)7-9-18-16/h5-7,9,12H,3-4,8,10-11H2,1-2H3,(H,17,18). The summed E-state index contributed by atoms with van der Waals surface area (Å²) in [6.07, 6.45) is 3.87. The van der Waals surface area contributed by atoms with Gasteiger partial charge in [0.15, 0.2) is 0 Å². The van der Waals surface area contributed by atoms with Crippen molar-refractivity contribution in [3.05, 3.63) is 30.5 Å². The second kappa shape index (κ2) is 7.70. The third kappa shape index (κ3) is 3.84. The van der Waals surface area contributed by atoms with E-state index in [4.69, 9.17) is 9.47 Å². The van der Waals surface area contributed by atoms with Crippen LogP contribution >= 0.6 is 0 Å². The molecule has 0 bridgehead atoms. The van der Waals surface area contributed by atoms with Gasteiger partial charge in [0.05, 0.1) is 7.11 Å². The zero-order valence-corrected chi connectivity index (χ0v) is 12.2. The molecule has 1 heterocycles. The predicted molar refractivity (Wildman–Crippen MR) is 82.5 cm³/mol. The van der Waals surface area contributed by atoms with Crippen LogP contribution in [-0.2, 0) is 4.74 Å². The van der Waals surface area contributed by atoms with Gasteiger partial charge in [-0.1, -0.05) is 6.92 Å². The van der Waals surface area contributed by atoms with E-state index in [1.54, 1.807) is 7.11 Å². The van der Waals surface area contributed by atoms with Crippen molar-refractivity contribution in [2.45, 2.75) is 19.8 Å². The Bertz CT molecular complexity index is 543. The number of hydrogen-bond donors (Lipinski definition) is 1. The lowest BCUT2D eigenvalue weighted by molar-refractivity contribution is 0.134. The van der Waals surface area contributed by atoms with Crippen LogP contribution in [0.4, 0.5) is 5.82 Å². The fourth-order valence-corrected chi connectivity index (χ4v) is 2.05. The van der Waals surface area contributed by atoms with Crippen molar-refractivity contribution >= 4 is 16.6 Å². The Labute approximate surface area is 120 Å². The molecule has 0 aliphatic carbocycles. The normalized spacial score (nSPS) is 10.7. The molecular formula is C16H22N2O2. The van der Waals surface area contributed by atoms with E-state index in [0.717, 1.165) is 54.9 Å². The summed E-state index contributed by atoms with van der Waals surface area (Å²) in [4.78, 5) is 4.40. The molecule has 4 nitrogen and oxygen atoms in total.